The Labute approximate surface area is 124 Å². The first-order valence-electron chi connectivity index (χ1n) is 5.94. The van der Waals surface area contributed by atoms with E-state index in [0.717, 1.165) is 15.7 Å². The standard InChI is InChI=1S/C14H13BrFN3O/c1-19-13(12(15)8-18-19)9-17-14(20)7-4-10-2-5-11(16)6-3-10/h2-8H,9H2,1H3,(H,17,20)/b7-4+. The van der Waals surface area contributed by atoms with Gasteiger partial charge in [0.1, 0.15) is 5.82 Å². The second-order valence-corrected chi connectivity index (χ2v) is 5.02. The molecule has 0 saturated carbocycles. The van der Waals surface area contributed by atoms with E-state index in [0.29, 0.717) is 6.54 Å². The first kappa shape index (κ1) is 14.5. The largest absolute Gasteiger partial charge is 0.347 e. The van der Waals surface area contributed by atoms with Crippen LogP contribution in [-0.2, 0) is 18.4 Å². The molecule has 0 radical (unpaired) electrons. The summed E-state index contributed by atoms with van der Waals surface area (Å²) in [6, 6.07) is 5.92. The van der Waals surface area contributed by atoms with Crippen molar-refractivity contribution in [1.82, 2.24) is 15.1 Å². The van der Waals surface area contributed by atoms with Crippen molar-refractivity contribution in [2.75, 3.05) is 0 Å². The summed E-state index contributed by atoms with van der Waals surface area (Å²) in [7, 11) is 1.81. The van der Waals surface area contributed by atoms with Gasteiger partial charge in [0.15, 0.2) is 0 Å². The van der Waals surface area contributed by atoms with Crippen LogP contribution in [-0.4, -0.2) is 15.7 Å². The van der Waals surface area contributed by atoms with Gasteiger partial charge in [-0.2, -0.15) is 5.10 Å². The van der Waals surface area contributed by atoms with Crippen molar-refractivity contribution in [2.24, 2.45) is 7.05 Å². The van der Waals surface area contributed by atoms with E-state index >= 15 is 0 Å². The lowest BCUT2D eigenvalue weighted by atomic mass is 10.2. The Bertz CT molecular complexity index is 615. The van der Waals surface area contributed by atoms with Crippen LogP contribution >= 0.6 is 15.9 Å². The first-order valence-corrected chi connectivity index (χ1v) is 6.73. The molecule has 1 aromatic carbocycles. The van der Waals surface area contributed by atoms with Gasteiger partial charge in [-0.25, -0.2) is 4.39 Å². The van der Waals surface area contributed by atoms with Crippen LogP contribution in [0.4, 0.5) is 4.39 Å². The first-order chi connectivity index (χ1) is 9.56. The maximum Gasteiger partial charge on any atom is 0.244 e. The number of aryl methyl sites for hydroxylation is 1. The second-order valence-electron chi connectivity index (χ2n) is 4.17. The van der Waals surface area contributed by atoms with Gasteiger partial charge in [-0.15, -0.1) is 0 Å². The summed E-state index contributed by atoms with van der Waals surface area (Å²) in [5.74, 6) is -0.518. The predicted octanol–water partition coefficient (Wildman–Crippen LogP) is 2.65. The van der Waals surface area contributed by atoms with E-state index in [1.807, 2.05) is 0 Å². The third-order valence-corrected chi connectivity index (χ3v) is 3.40. The predicted molar refractivity (Wildman–Crippen MR) is 78.2 cm³/mol. The second kappa shape index (κ2) is 6.47. The zero-order valence-electron chi connectivity index (χ0n) is 10.8. The summed E-state index contributed by atoms with van der Waals surface area (Å²) in [6.45, 7) is 0.379. The summed E-state index contributed by atoms with van der Waals surface area (Å²) < 4.78 is 15.3. The van der Waals surface area contributed by atoms with Crippen LogP contribution in [0.2, 0.25) is 0 Å². The molecule has 1 heterocycles. The molecular weight excluding hydrogens is 325 g/mol. The van der Waals surface area contributed by atoms with Crippen molar-refractivity contribution in [2.45, 2.75) is 6.54 Å². The van der Waals surface area contributed by atoms with Gasteiger partial charge in [0, 0.05) is 13.1 Å². The fraction of sp³-hybridized carbons (Fsp3) is 0.143. The minimum atomic E-state index is -0.298. The Balaban J connectivity index is 1.91. The molecule has 2 aromatic rings. The molecule has 1 aromatic heterocycles. The highest BCUT2D eigenvalue weighted by atomic mass is 79.9. The van der Waals surface area contributed by atoms with Crippen molar-refractivity contribution in [1.29, 1.82) is 0 Å². The minimum absolute atomic E-state index is 0.220. The van der Waals surface area contributed by atoms with Crippen molar-refractivity contribution >= 4 is 27.9 Å². The van der Waals surface area contributed by atoms with Gasteiger partial charge in [0.25, 0.3) is 0 Å². The number of nitrogens with one attached hydrogen (secondary N) is 1. The van der Waals surface area contributed by atoms with Crippen LogP contribution in [0.25, 0.3) is 6.08 Å². The van der Waals surface area contributed by atoms with E-state index < -0.39 is 0 Å². The molecule has 4 nitrogen and oxygen atoms in total. The molecule has 0 fully saturated rings. The SMILES string of the molecule is Cn1ncc(Br)c1CNC(=O)/C=C/c1ccc(F)cc1. The maximum absolute atomic E-state index is 12.7. The van der Waals surface area contributed by atoms with Gasteiger partial charge in [-0.05, 0) is 39.7 Å². The van der Waals surface area contributed by atoms with Crippen LogP contribution in [0, 0.1) is 5.82 Å². The van der Waals surface area contributed by atoms with Gasteiger partial charge in [-0.1, -0.05) is 12.1 Å². The number of halogens is 2. The molecule has 6 heteroatoms. The van der Waals surface area contributed by atoms with Crippen LogP contribution in [0.5, 0.6) is 0 Å². The quantitative estimate of drug-likeness (QED) is 0.872. The summed E-state index contributed by atoms with van der Waals surface area (Å²) >= 11 is 3.36. The van der Waals surface area contributed by atoms with Crippen LogP contribution in [0.1, 0.15) is 11.3 Å². The summed E-state index contributed by atoms with van der Waals surface area (Å²) in [5, 5.41) is 6.82. The Morgan fingerprint density at radius 1 is 1.45 bits per heavy atom. The van der Waals surface area contributed by atoms with Crippen LogP contribution < -0.4 is 5.32 Å². The lowest BCUT2D eigenvalue weighted by Crippen LogP contribution is -2.22. The van der Waals surface area contributed by atoms with E-state index in [2.05, 4.69) is 26.3 Å². The van der Waals surface area contributed by atoms with Gasteiger partial charge in [0.05, 0.1) is 22.9 Å². The third-order valence-electron chi connectivity index (χ3n) is 2.74. The lowest BCUT2D eigenvalue weighted by molar-refractivity contribution is -0.116. The van der Waals surface area contributed by atoms with Crippen LogP contribution in [0.15, 0.2) is 41.0 Å². The van der Waals surface area contributed by atoms with Gasteiger partial charge in [0.2, 0.25) is 5.91 Å². The van der Waals surface area contributed by atoms with Gasteiger partial charge >= 0.3 is 0 Å². The Hall–Kier alpha value is -1.95. The van der Waals surface area contributed by atoms with Crippen LogP contribution in [0.3, 0.4) is 0 Å². The molecule has 0 saturated heterocycles. The average Bonchev–Trinajstić information content (AvgIpc) is 2.75. The number of rotatable bonds is 4. The Morgan fingerprint density at radius 2 is 2.15 bits per heavy atom. The molecule has 1 N–H and O–H groups in total. The number of nitrogens with zero attached hydrogens (tertiary/aromatic N) is 2. The number of benzene rings is 1. The minimum Gasteiger partial charge on any atom is -0.347 e. The zero-order chi connectivity index (χ0) is 14.5. The molecule has 0 aliphatic heterocycles. The Kier molecular flexibility index (Phi) is 4.68. The van der Waals surface area contributed by atoms with Crippen molar-refractivity contribution in [3.8, 4) is 0 Å². The summed E-state index contributed by atoms with van der Waals surface area (Å²) in [4.78, 5) is 11.7. The highest BCUT2D eigenvalue weighted by Crippen LogP contribution is 2.14. The van der Waals surface area contributed by atoms with Crippen molar-refractivity contribution < 1.29 is 9.18 Å². The number of aromatic nitrogens is 2. The number of hydrogen-bond donors (Lipinski definition) is 1. The van der Waals surface area contributed by atoms with E-state index in [9.17, 15) is 9.18 Å². The molecule has 2 rings (SSSR count). The fourth-order valence-electron chi connectivity index (χ4n) is 1.61. The van der Waals surface area contributed by atoms with Crippen molar-refractivity contribution in [3.63, 3.8) is 0 Å². The molecule has 0 aliphatic rings. The number of hydrogen-bond acceptors (Lipinski definition) is 2. The number of amides is 1. The summed E-state index contributed by atoms with van der Waals surface area (Å²) in [5.41, 5.74) is 1.65. The van der Waals surface area contributed by atoms with Gasteiger partial charge < -0.3 is 5.32 Å². The third kappa shape index (κ3) is 3.77. The molecule has 1 amide bonds. The Morgan fingerprint density at radius 3 is 2.75 bits per heavy atom. The number of carbonyl (C=O) groups excluding carboxylic acids is 1. The normalized spacial score (nSPS) is 10.9. The molecule has 20 heavy (non-hydrogen) atoms. The van der Waals surface area contributed by atoms with E-state index in [1.165, 1.54) is 18.2 Å². The number of carbonyl (C=O) groups is 1. The lowest BCUT2D eigenvalue weighted by Gasteiger charge is -2.03. The molecule has 0 bridgehead atoms. The monoisotopic (exact) mass is 337 g/mol. The highest BCUT2D eigenvalue weighted by molar-refractivity contribution is 9.10. The molecule has 0 unspecified atom stereocenters. The highest BCUT2D eigenvalue weighted by Gasteiger charge is 2.06. The van der Waals surface area contributed by atoms with Gasteiger partial charge in [-0.3, -0.25) is 9.48 Å². The van der Waals surface area contributed by atoms with E-state index in [4.69, 9.17) is 0 Å². The molecule has 0 atom stereocenters. The zero-order valence-corrected chi connectivity index (χ0v) is 12.4. The molecule has 104 valence electrons. The molecule has 0 spiro atoms. The maximum atomic E-state index is 12.7. The molecule has 0 aliphatic carbocycles. The smallest absolute Gasteiger partial charge is 0.244 e. The van der Waals surface area contributed by atoms with Crippen molar-refractivity contribution in [3.05, 3.63) is 58.1 Å². The summed E-state index contributed by atoms with van der Waals surface area (Å²) in [6.07, 6.45) is 4.72. The topological polar surface area (TPSA) is 46.9 Å². The van der Waals surface area contributed by atoms with E-state index in [-0.39, 0.29) is 11.7 Å². The van der Waals surface area contributed by atoms with E-state index in [1.54, 1.807) is 36.1 Å². The molecular formula is C14H13BrFN3O. The fourth-order valence-corrected chi connectivity index (χ4v) is 2.10. The average molecular weight is 338 g/mol.